The Bertz CT molecular complexity index is 1300. The van der Waals surface area contributed by atoms with E-state index in [1.165, 1.54) is 148 Å². The number of hydrogen-bond acceptors (Lipinski definition) is 13. The topological polar surface area (TPSA) is 228 Å². The van der Waals surface area contributed by atoms with E-state index in [1.807, 2.05) is 6.08 Å². The second-order valence-corrected chi connectivity index (χ2v) is 19.7. The van der Waals surface area contributed by atoms with E-state index >= 15 is 0 Å². The monoisotopic (exact) mass is 984 g/mol. The summed E-state index contributed by atoms with van der Waals surface area (Å²) in [5, 5.41) is 86.8. The number of hydrogen-bond donors (Lipinski definition) is 9. The zero-order chi connectivity index (χ0) is 50.3. The summed E-state index contributed by atoms with van der Waals surface area (Å²) >= 11 is 0. The van der Waals surface area contributed by atoms with Crippen molar-refractivity contribution in [3.63, 3.8) is 0 Å². The number of allylic oxidation sites excluding steroid dienone is 5. The van der Waals surface area contributed by atoms with E-state index < -0.39 is 86.8 Å². The molecule has 0 bridgehead atoms. The molecule has 69 heavy (non-hydrogen) atoms. The maximum Gasteiger partial charge on any atom is 0.220 e. The summed E-state index contributed by atoms with van der Waals surface area (Å²) in [5.41, 5.74) is 0. The van der Waals surface area contributed by atoms with Gasteiger partial charge in [0, 0.05) is 6.42 Å². The highest BCUT2D eigenvalue weighted by molar-refractivity contribution is 5.76. The molecule has 2 aliphatic heterocycles. The lowest BCUT2D eigenvalue weighted by molar-refractivity contribution is -0.359. The lowest BCUT2D eigenvalue weighted by atomic mass is 9.97. The number of aliphatic hydroxyl groups is 8. The first-order valence-electron chi connectivity index (χ1n) is 27.7. The Morgan fingerprint density at radius 2 is 0.928 bits per heavy atom. The number of carbonyl (C=O) groups is 1. The molecule has 14 heteroatoms. The molecule has 0 spiro atoms. The van der Waals surface area contributed by atoms with Crippen LogP contribution >= 0.6 is 0 Å². The van der Waals surface area contributed by atoms with Gasteiger partial charge in [0.25, 0.3) is 0 Å². The Kier molecular flexibility index (Phi) is 38.2. The van der Waals surface area contributed by atoms with Crippen molar-refractivity contribution in [3.8, 4) is 0 Å². The van der Waals surface area contributed by atoms with Crippen LogP contribution in [0.25, 0.3) is 0 Å². The van der Waals surface area contributed by atoms with Gasteiger partial charge in [-0.15, -0.1) is 0 Å². The van der Waals surface area contributed by atoms with Crippen molar-refractivity contribution in [2.75, 3.05) is 19.8 Å². The van der Waals surface area contributed by atoms with Crippen molar-refractivity contribution in [1.29, 1.82) is 0 Å². The molecule has 0 aromatic carbocycles. The molecule has 0 aromatic heterocycles. The molecule has 2 fully saturated rings. The van der Waals surface area contributed by atoms with Crippen LogP contribution < -0.4 is 5.32 Å². The van der Waals surface area contributed by atoms with Gasteiger partial charge in [-0.2, -0.15) is 0 Å². The van der Waals surface area contributed by atoms with Gasteiger partial charge in [-0.25, -0.2) is 0 Å². The minimum absolute atomic E-state index is 0.252. The molecule has 2 saturated heterocycles. The maximum atomic E-state index is 13.2. The van der Waals surface area contributed by atoms with Gasteiger partial charge in [0.1, 0.15) is 48.8 Å². The summed E-state index contributed by atoms with van der Waals surface area (Å²) in [6, 6.07) is -0.930. The van der Waals surface area contributed by atoms with Crippen molar-refractivity contribution in [1.82, 2.24) is 5.32 Å². The second kappa shape index (κ2) is 41.7. The number of ether oxygens (including phenoxy) is 4. The molecule has 2 heterocycles. The quantitative estimate of drug-likeness (QED) is 0.0207. The van der Waals surface area contributed by atoms with Crippen molar-refractivity contribution < 1.29 is 64.6 Å². The zero-order valence-corrected chi connectivity index (χ0v) is 43.1. The third kappa shape index (κ3) is 28.3. The van der Waals surface area contributed by atoms with Crippen LogP contribution in [-0.2, 0) is 23.7 Å². The number of carbonyl (C=O) groups excluding carboxylic acids is 1. The number of amides is 1. The van der Waals surface area contributed by atoms with E-state index in [0.717, 1.165) is 32.1 Å². The number of nitrogens with one attached hydrogen (secondary N) is 1. The van der Waals surface area contributed by atoms with Crippen LogP contribution in [0.4, 0.5) is 0 Å². The van der Waals surface area contributed by atoms with Gasteiger partial charge in [0.2, 0.25) is 5.91 Å². The van der Waals surface area contributed by atoms with Gasteiger partial charge >= 0.3 is 0 Å². The molecule has 0 aliphatic carbocycles. The molecule has 2 aliphatic rings. The minimum Gasteiger partial charge on any atom is -0.394 e. The van der Waals surface area contributed by atoms with Gasteiger partial charge in [0.05, 0.1) is 32.0 Å². The zero-order valence-electron chi connectivity index (χ0n) is 43.1. The molecule has 0 aromatic rings. The van der Waals surface area contributed by atoms with Crippen LogP contribution in [0.5, 0.6) is 0 Å². The average Bonchev–Trinajstić information content (AvgIpc) is 3.35. The number of unbranched alkanes of at least 4 members (excludes halogenated alkanes) is 26. The molecular formula is C55H101NO13. The second-order valence-electron chi connectivity index (χ2n) is 19.7. The van der Waals surface area contributed by atoms with Crippen LogP contribution in [-0.4, -0.2) is 140 Å². The molecule has 14 nitrogen and oxygen atoms in total. The predicted octanol–water partition coefficient (Wildman–Crippen LogP) is 8.27. The lowest BCUT2D eigenvalue weighted by Gasteiger charge is -2.46. The van der Waals surface area contributed by atoms with Crippen LogP contribution in [0.3, 0.4) is 0 Å². The van der Waals surface area contributed by atoms with E-state index in [9.17, 15) is 45.6 Å². The van der Waals surface area contributed by atoms with E-state index in [-0.39, 0.29) is 18.9 Å². The van der Waals surface area contributed by atoms with Gasteiger partial charge in [-0.1, -0.05) is 185 Å². The molecule has 9 N–H and O–H groups in total. The molecule has 2 rings (SSSR count). The largest absolute Gasteiger partial charge is 0.394 e. The Morgan fingerprint density at radius 1 is 0.507 bits per heavy atom. The Balaban J connectivity index is 1.80. The lowest BCUT2D eigenvalue weighted by Crippen LogP contribution is -2.65. The Morgan fingerprint density at radius 3 is 1.42 bits per heavy atom. The fourth-order valence-corrected chi connectivity index (χ4v) is 9.01. The van der Waals surface area contributed by atoms with E-state index in [4.69, 9.17) is 18.9 Å². The maximum absolute atomic E-state index is 13.2. The van der Waals surface area contributed by atoms with Gasteiger partial charge < -0.3 is 65.1 Å². The molecule has 12 atom stereocenters. The first-order chi connectivity index (χ1) is 33.6. The summed E-state index contributed by atoms with van der Waals surface area (Å²) in [7, 11) is 0. The highest BCUT2D eigenvalue weighted by Crippen LogP contribution is 2.30. The Labute approximate surface area is 417 Å². The van der Waals surface area contributed by atoms with Crippen LogP contribution in [0.15, 0.2) is 36.5 Å². The van der Waals surface area contributed by atoms with Crippen LogP contribution in [0.1, 0.15) is 213 Å². The first-order valence-corrected chi connectivity index (χ1v) is 27.7. The molecule has 0 saturated carbocycles. The third-order valence-electron chi connectivity index (χ3n) is 13.5. The molecule has 12 unspecified atom stereocenters. The smallest absolute Gasteiger partial charge is 0.220 e. The Hall–Kier alpha value is -1.79. The summed E-state index contributed by atoms with van der Waals surface area (Å²) in [5.74, 6) is -0.252. The van der Waals surface area contributed by atoms with E-state index in [2.05, 4.69) is 43.5 Å². The number of aliphatic hydroxyl groups excluding tert-OH is 8. The normalized spacial score (nSPS) is 26.4. The van der Waals surface area contributed by atoms with Gasteiger partial charge in [-0.3, -0.25) is 4.79 Å². The SMILES string of the molecule is CCCCCCCCCC/C=C\CCCCCCCCCCCC(=O)NC(COC1OC(CO)C(OC2OC(CO)C(O)C(O)C2O)C(O)C1O)C(O)/C=C/CC/C=C/CCCCCCCCCC. The summed E-state index contributed by atoms with van der Waals surface area (Å²) in [6.07, 6.45) is 31.8. The highest BCUT2D eigenvalue weighted by atomic mass is 16.7. The van der Waals surface area contributed by atoms with Crippen molar-refractivity contribution in [2.24, 2.45) is 0 Å². The molecule has 0 radical (unpaired) electrons. The predicted molar refractivity (Wildman–Crippen MR) is 272 cm³/mol. The number of rotatable bonds is 43. The molecule has 1 amide bonds. The van der Waals surface area contributed by atoms with E-state index in [1.54, 1.807) is 6.08 Å². The van der Waals surface area contributed by atoms with E-state index in [0.29, 0.717) is 12.8 Å². The fraction of sp³-hybridized carbons (Fsp3) is 0.873. The van der Waals surface area contributed by atoms with Gasteiger partial charge in [-0.05, 0) is 57.8 Å². The summed E-state index contributed by atoms with van der Waals surface area (Å²) < 4.78 is 22.7. The highest BCUT2D eigenvalue weighted by Gasteiger charge is 2.51. The minimum atomic E-state index is -1.79. The van der Waals surface area contributed by atoms with Crippen molar-refractivity contribution >= 4 is 5.91 Å². The fourth-order valence-electron chi connectivity index (χ4n) is 9.01. The van der Waals surface area contributed by atoms with Crippen LogP contribution in [0, 0.1) is 0 Å². The van der Waals surface area contributed by atoms with Crippen molar-refractivity contribution in [3.05, 3.63) is 36.5 Å². The third-order valence-corrected chi connectivity index (χ3v) is 13.5. The molecular weight excluding hydrogens is 883 g/mol. The van der Waals surface area contributed by atoms with Gasteiger partial charge in [0.15, 0.2) is 12.6 Å². The summed E-state index contributed by atoms with van der Waals surface area (Å²) in [6.45, 7) is 2.77. The summed E-state index contributed by atoms with van der Waals surface area (Å²) in [4.78, 5) is 13.2. The molecule has 404 valence electrons. The van der Waals surface area contributed by atoms with Crippen molar-refractivity contribution in [2.45, 2.75) is 286 Å². The average molecular weight is 984 g/mol. The standard InChI is InChI=1S/C55H101NO13/c1-3-5-7-9-11-13-15-17-19-20-21-22-23-24-25-27-29-31-33-35-37-39-47(60)56-43(44(59)38-36-34-32-30-28-26-18-16-14-12-10-8-6-4-2)42-66-54-52(65)50(63)53(46(41-58)68-54)69-55-51(64)49(62)48(61)45(40-57)67-55/h20-21,28,30,36,38,43-46,48-55,57-59,61-65H,3-19,22-27,29,31-35,37,39-42H2,1-2H3,(H,56,60)/b21-20-,30-28+,38-36+. The van der Waals surface area contributed by atoms with Crippen LogP contribution in [0.2, 0.25) is 0 Å². The first kappa shape index (κ1) is 63.3.